The van der Waals surface area contributed by atoms with Gasteiger partial charge in [-0.2, -0.15) is 18.4 Å². The molecule has 1 unspecified atom stereocenters. The minimum absolute atomic E-state index is 0.0368. The van der Waals surface area contributed by atoms with Gasteiger partial charge in [-0.05, 0) is 18.9 Å². The average Bonchev–Trinajstić information content (AvgIpc) is 3.11. The van der Waals surface area contributed by atoms with Crippen LogP contribution in [0.15, 0.2) is 29.8 Å². The first-order chi connectivity index (χ1) is 13.9. The van der Waals surface area contributed by atoms with E-state index in [-0.39, 0.29) is 34.1 Å². The molecular formula is C19H18F3N5OS. The summed E-state index contributed by atoms with van der Waals surface area (Å²) >= 11 is 1.38. The molecule has 0 spiro atoms. The first kappa shape index (κ1) is 21.1. The molecule has 0 aromatic carbocycles. The molecule has 10 heteroatoms. The fraction of sp³-hybridized carbons (Fsp3) is 0.368. The molecular weight excluding hydrogens is 403 g/mol. The number of nitriles is 1. The maximum absolute atomic E-state index is 13.1. The Morgan fingerprint density at radius 2 is 2.07 bits per heavy atom. The number of aliphatic hydroxyl groups is 1. The Kier molecular flexibility index (Phi) is 6.39. The molecule has 1 atom stereocenters. The summed E-state index contributed by atoms with van der Waals surface area (Å²) in [5.74, 6) is 0. The van der Waals surface area contributed by atoms with Crippen LogP contribution in [0.2, 0.25) is 0 Å². The highest BCUT2D eigenvalue weighted by Crippen LogP contribution is 2.35. The third kappa shape index (κ3) is 4.68. The second kappa shape index (κ2) is 8.80. The van der Waals surface area contributed by atoms with E-state index >= 15 is 0 Å². The third-order valence-electron chi connectivity index (χ3n) is 4.33. The van der Waals surface area contributed by atoms with E-state index in [2.05, 4.69) is 19.9 Å². The molecule has 3 aromatic heterocycles. The van der Waals surface area contributed by atoms with Crippen LogP contribution in [-0.2, 0) is 6.18 Å². The summed E-state index contributed by atoms with van der Waals surface area (Å²) in [7, 11) is 0. The molecule has 0 saturated heterocycles. The number of aromatic amines is 1. The van der Waals surface area contributed by atoms with Crippen molar-refractivity contribution in [2.24, 2.45) is 0 Å². The summed E-state index contributed by atoms with van der Waals surface area (Å²) in [5.41, 5.74) is 0.153. The van der Waals surface area contributed by atoms with Crippen LogP contribution in [0.1, 0.15) is 37.3 Å². The Bertz CT molecular complexity index is 1040. The number of hydrogen-bond donors (Lipinski definition) is 2. The van der Waals surface area contributed by atoms with E-state index in [9.17, 15) is 23.5 Å². The molecule has 0 radical (unpaired) electrons. The van der Waals surface area contributed by atoms with Crippen molar-refractivity contribution in [3.63, 3.8) is 0 Å². The number of nitrogens with zero attached hydrogens (tertiary/aromatic N) is 4. The lowest BCUT2D eigenvalue weighted by Gasteiger charge is -2.14. The molecule has 3 aromatic rings. The fourth-order valence-electron chi connectivity index (χ4n) is 2.94. The van der Waals surface area contributed by atoms with Crippen molar-refractivity contribution in [2.75, 3.05) is 6.61 Å². The SMILES string of the molecule is CCCC(CCO)Sc1ncc(C#N)c(-c2c[nH]c3ncc(C(F)(F)F)cc23)n1. The lowest BCUT2D eigenvalue weighted by Crippen LogP contribution is -2.07. The number of H-pyrrole nitrogens is 1. The normalized spacial score (nSPS) is 12.8. The number of fused-ring (bicyclic) bond motifs is 1. The first-order valence-electron chi connectivity index (χ1n) is 8.96. The number of aliphatic hydroxyl groups excluding tert-OH is 1. The second-order valence-electron chi connectivity index (χ2n) is 6.39. The Balaban J connectivity index is 2.07. The van der Waals surface area contributed by atoms with Gasteiger partial charge in [0.2, 0.25) is 0 Å². The van der Waals surface area contributed by atoms with Crippen LogP contribution in [0.25, 0.3) is 22.3 Å². The number of rotatable bonds is 7. The molecule has 0 fully saturated rings. The topological polar surface area (TPSA) is 98.5 Å². The maximum Gasteiger partial charge on any atom is 0.417 e. The maximum atomic E-state index is 13.1. The lowest BCUT2D eigenvalue weighted by molar-refractivity contribution is -0.137. The quantitative estimate of drug-likeness (QED) is 0.429. The fourth-order valence-corrected chi connectivity index (χ4v) is 4.07. The van der Waals surface area contributed by atoms with Gasteiger partial charge in [0.05, 0.1) is 16.8 Å². The zero-order chi connectivity index (χ0) is 21.0. The van der Waals surface area contributed by atoms with E-state index in [0.717, 1.165) is 25.1 Å². The van der Waals surface area contributed by atoms with Crippen LogP contribution in [0.4, 0.5) is 13.2 Å². The van der Waals surface area contributed by atoms with Gasteiger partial charge in [-0.25, -0.2) is 15.0 Å². The number of pyridine rings is 1. The zero-order valence-corrected chi connectivity index (χ0v) is 16.3. The zero-order valence-electron chi connectivity index (χ0n) is 15.5. The van der Waals surface area contributed by atoms with Crippen molar-refractivity contribution >= 4 is 22.8 Å². The van der Waals surface area contributed by atoms with Crippen molar-refractivity contribution in [1.29, 1.82) is 5.26 Å². The predicted molar refractivity (Wildman–Crippen MR) is 103 cm³/mol. The molecule has 0 amide bonds. The van der Waals surface area contributed by atoms with Gasteiger partial charge >= 0.3 is 6.18 Å². The molecule has 152 valence electrons. The number of alkyl halides is 3. The van der Waals surface area contributed by atoms with Crippen molar-refractivity contribution in [2.45, 2.75) is 42.8 Å². The van der Waals surface area contributed by atoms with Gasteiger partial charge < -0.3 is 10.1 Å². The van der Waals surface area contributed by atoms with Gasteiger partial charge in [-0.3, -0.25) is 0 Å². The van der Waals surface area contributed by atoms with Crippen LogP contribution >= 0.6 is 11.8 Å². The van der Waals surface area contributed by atoms with E-state index in [1.807, 2.05) is 13.0 Å². The van der Waals surface area contributed by atoms with Crippen LogP contribution in [0, 0.1) is 11.3 Å². The highest BCUT2D eigenvalue weighted by molar-refractivity contribution is 7.99. The smallest absolute Gasteiger partial charge is 0.396 e. The van der Waals surface area contributed by atoms with Crippen molar-refractivity contribution in [1.82, 2.24) is 19.9 Å². The van der Waals surface area contributed by atoms with Crippen molar-refractivity contribution < 1.29 is 18.3 Å². The standard InChI is InChI=1S/C19H18F3N5OS/c1-2-3-13(4-5-28)29-18-26-8-11(7-23)16(27-18)15-10-25-17-14(15)6-12(9-24-17)19(20,21)22/h6,8-10,13,28H,2-5H2,1H3,(H,24,25). The Labute approximate surface area is 169 Å². The molecule has 0 aliphatic rings. The number of halogens is 3. The minimum atomic E-state index is -4.53. The van der Waals surface area contributed by atoms with Crippen LogP contribution in [0.5, 0.6) is 0 Å². The molecule has 2 N–H and O–H groups in total. The second-order valence-corrected chi connectivity index (χ2v) is 7.66. The van der Waals surface area contributed by atoms with E-state index in [1.54, 1.807) is 0 Å². The highest BCUT2D eigenvalue weighted by atomic mass is 32.2. The summed E-state index contributed by atoms with van der Waals surface area (Å²) < 4.78 is 39.3. The summed E-state index contributed by atoms with van der Waals surface area (Å²) in [5, 5.41) is 19.4. The molecule has 6 nitrogen and oxygen atoms in total. The first-order valence-corrected chi connectivity index (χ1v) is 9.84. The number of hydrogen-bond acceptors (Lipinski definition) is 6. The van der Waals surface area contributed by atoms with Gasteiger partial charge in [-0.15, -0.1) is 0 Å². The average molecular weight is 421 g/mol. The van der Waals surface area contributed by atoms with E-state index in [1.165, 1.54) is 24.2 Å². The summed E-state index contributed by atoms with van der Waals surface area (Å²) in [6.07, 6.45) is 1.45. The van der Waals surface area contributed by atoms with E-state index < -0.39 is 11.7 Å². The van der Waals surface area contributed by atoms with Gasteiger partial charge in [0.1, 0.15) is 11.7 Å². The van der Waals surface area contributed by atoms with E-state index in [4.69, 9.17) is 0 Å². The monoisotopic (exact) mass is 421 g/mol. The predicted octanol–water partition coefficient (Wildman–Crippen LogP) is 4.55. The van der Waals surface area contributed by atoms with Crippen LogP contribution in [-0.4, -0.2) is 36.9 Å². The molecule has 3 heterocycles. The van der Waals surface area contributed by atoms with Gasteiger partial charge in [-0.1, -0.05) is 25.1 Å². The summed E-state index contributed by atoms with van der Waals surface area (Å²) in [6.45, 7) is 2.07. The number of aromatic nitrogens is 4. The number of thioether (sulfide) groups is 1. The Hall–Kier alpha value is -2.64. The molecule has 29 heavy (non-hydrogen) atoms. The lowest BCUT2D eigenvalue weighted by atomic mass is 10.1. The Morgan fingerprint density at radius 1 is 1.28 bits per heavy atom. The Morgan fingerprint density at radius 3 is 2.72 bits per heavy atom. The summed E-state index contributed by atoms with van der Waals surface area (Å²) in [4.78, 5) is 15.3. The molecule has 0 aliphatic carbocycles. The molecule has 3 rings (SSSR count). The van der Waals surface area contributed by atoms with Gasteiger partial charge in [0.15, 0.2) is 5.16 Å². The third-order valence-corrected chi connectivity index (χ3v) is 5.55. The largest absolute Gasteiger partial charge is 0.417 e. The number of nitrogens with one attached hydrogen (secondary N) is 1. The van der Waals surface area contributed by atoms with Crippen molar-refractivity contribution in [3.8, 4) is 17.3 Å². The molecule has 0 saturated carbocycles. The van der Waals surface area contributed by atoms with Crippen molar-refractivity contribution in [3.05, 3.63) is 35.8 Å². The van der Waals surface area contributed by atoms with Crippen LogP contribution < -0.4 is 0 Å². The summed E-state index contributed by atoms with van der Waals surface area (Å²) in [6, 6.07) is 2.99. The van der Waals surface area contributed by atoms with E-state index in [0.29, 0.717) is 17.1 Å². The highest BCUT2D eigenvalue weighted by Gasteiger charge is 2.31. The molecule has 0 bridgehead atoms. The minimum Gasteiger partial charge on any atom is -0.396 e. The van der Waals surface area contributed by atoms with Crippen LogP contribution in [0.3, 0.4) is 0 Å². The van der Waals surface area contributed by atoms with Gasteiger partial charge in [0, 0.05) is 41.4 Å². The molecule has 0 aliphatic heterocycles. The van der Waals surface area contributed by atoms with Gasteiger partial charge in [0.25, 0.3) is 0 Å².